The lowest BCUT2D eigenvalue weighted by atomic mass is 10.1. The molecule has 1 atom stereocenters. The van der Waals surface area contributed by atoms with Crippen LogP contribution in [0.1, 0.15) is 11.1 Å². The molecule has 0 heterocycles. The van der Waals surface area contributed by atoms with E-state index in [9.17, 15) is 4.79 Å². The summed E-state index contributed by atoms with van der Waals surface area (Å²) in [6.07, 6.45) is 0.633. The highest BCUT2D eigenvalue weighted by Crippen LogP contribution is 2.12. The first-order valence-electron chi connectivity index (χ1n) is 6.14. The number of carbonyl (C=O) groups excluding carboxylic acids is 1. The van der Waals surface area contributed by atoms with Crippen molar-refractivity contribution >= 4 is 21.9 Å². The number of carbonyl (C=O) groups is 1. The van der Waals surface area contributed by atoms with Crippen LogP contribution in [-0.4, -0.2) is 10.8 Å². The van der Waals surface area contributed by atoms with Gasteiger partial charge >= 0.3 is 5.97 Å². The Bertz CT molecular complexity index is 511. The Kier molecular flexibility index (Phi) is 5.16. The van der Waals surface area contributed by atoms with Gasteiger partial charge in [-0.05, 0) is 17.5 Å². The Hall–Kier alpha value is -1.61. The smallest absolute Gasteiger partial charge is 0.320 e. The molecule has 98 valence electrons. The number of rotatable bonds is 5. The predicted octanol–water partition coefficient (Wildman–Crippen LogP) is 3.74. The second-order valence-corrected chi connectivity index (χ2v) is 5.36. The van der Waals surface area contributed by atoms with Crippen LogP contribution in [0.3, 0.4) is 0 Å². The zero-order chi connectivity index (χ0) is 13.5. The minimum atomic E-state index is -0.307. The maximum Gasteiger partial charge on any atom is 0.320 e. The molecule has 2 rings (SSSR count). The van der Waals surface area contributed by atoms with Crippen molar-refractivity contribution in [2.24, 2.45) is 0 Å². The standard InChI is InChI=1S/C16H15BrO2/c17-15(11-13-7-3-1-4-8-13)16(18)19-12-14-9-5-2-6-10-14/h1-10,15H,11-12H2. The van der Waals surface area contributed by atoms with Crippen LogP contribution in [0, 0.1) is 0 Å². The molecule has 2 aromatic carbocycles. The molecular formula is C16H15BrO2. The first-order chi connectivity index (χ1) is 9.25. The second kappa shape index (κ2) is 7.10. The molecule has 0 aliphatic heterocycles. The molecule has 2 aromatic rings. The van der Waals surface area contributed by atoms with E-state index >= 15 is 0 Å². The van der Waals surface area contributed by atoms with Crippen LogP contribution in [-0.2, 0) is 22.6 Å². The highest BCUT2D eigenvalue weighted by atomic mass is 79.9. The van der Waals surface area contributed by atoms with Crippen molar-refractivity contribution in [3.05, 3.63) is 71.8 Å². The van der Waals surface area contributed by atoms with Crippen LogP contribution < -0.4 is 0 Å². The largest absolute Gasteiger partial charge is 0.460 e. The third-order valence-electron chi connectivity index (χ3n) is 2.74. The summed E-state index contributed by atoms with van der Waals surface area (Å²) in [6, 6.07) is 19.6. The monoisotopic (exact) mass is 318 g/mol. The fraction of sp³-hybridized carbons (Fsp3) is 0.188. The molecule has 0 bridgehead atoms. The van der Waals surface area contributed by atoms with Crippen LogP contribution in [0.2, 0.25) is 0 Å². The Labute approximate surface area is 121 Å². The molecule has 1 unspecified atom stereocenters. The first kappa shape index (κ1) is 13.8. The van der Waals surface area contributed by atoms with E-state index in [0.717, 1.165) is 11.1 Å². The molecule has 0 aromatic heterocycles. The van der Waals surface area contributed by atoms with E-state index in [1.807, 2.05) is 60.7 Å². The molecule has 0 aliphatic rings. The van der Waals surface area contributed by atoms with Gasteiger partial charge in [0.2, 0.25) is 0 Å². The van der Waals surface area contributed by atoms with Crippen molar-refractivity contribution in [2.75, 3.05) is 0 Å². The van der Waals surface area contributed by atoms with E-state index in [0.29, 0.717) is 13.0 Å². The molecule has 0 saturated heterocycles. The molecule has 3 heteroatoms. The number of alkyl halides is 1. The van der Waals surface area contributed by atoms with Crippen LogP contribution in [0.5, 0.6) is 0 Å². The van der Waals surface area contributed by atoms with E-state index in [-0.39, 0.29) is 10.8 Å². The second-order valence-electron chi connectivity index (χ2n) is 4.25. The van der Waals surface area contributed by atoms with Crippen molar-refractivity contribution in [2.45, 2.75) is 17.9 Å². The summed E-state index contributed by atoms with van der Waals surface area (Å²) in [7, 11) is 0. The highest BCUT2D eigenvalue weighted by molar-refractivity contribution is 9.10. The summed E-state index contributed by atoms with van der Waals surface area (Å²) in [5, 5.41) is 0. The summed E-state index contributed by atoms with van der Waals surface area (Å²) in [4.78, 5) is 11.5. The van der Waals surface area contributed by atoms with E-state index in [4.69, 9.17) is 4.74 Å². The Morgan fingerprint density at radius 1 is 0.947 bits per heavy atom. The third kappa shape index (κ3) is 4.52. The fourth-order valence-corrected chi connectivity index (χ4v) is 2.23. The van der Waals surface area contributed by atoms with Crippen LogP contribution in [0.4, 0.5) is 0 Å². The first-order valence-corrected chi connectivity index (χ1v) is 7.06. The van der Waals surface area contributed by atoms with Crippen molar-refractivity contribution in [1.29, 1.82) is 0 Å². The summed E-state index contributed by atoms with van der Waals surface area (Å²) in [5.74, 6) is -0.229. The lowest BCUT2D eigenvalue weighted by Crippen LogP contribution is -2.19. The quantitative estimate of drug-likeness (QED) is 0.620. The van der Waals surface area contributed by atoms with E-state index in [1.165, 1.54) is 0 Å². The molecule has 0 spiro atoms. The van der Waals surface area contributed by atoms with E-state index in [2.05, 4.69) is 15.9 Å². The highest BCUT2D eigenvalue weighted by Gasteiger charge is 2.16. The van der Waals surface area contributed by atoms with Crippen LogP contribution in [0.15, 0.2) is 60.7 Å². The fourth-order valence-electron chi connectivity index (χ4n) is 1.72. The minimum Gasteiger partial charge on any atom is -0.460 e. The normalized spacial score (nSPS) is 11.8. The summed E-state index contributed by atoms with van der Waals surface area (Å²) >= 11 is 3.38. The van der Waals surface area contributed by atoms with E-state index < -0.39 is 0 Å². The van der Waals surface area contributed by atoms with Gasteiger partial charge in [0, 0.05) is 0 Å². The Morgan fingerprint density at radius 2 is 1.47 bits per heavy atom. The zero-order valence-electron chi connectivity index (χ0n) is 10.5. The van der Waals surface area contributed by atoms with Gasteiger partial charge < -0.3 is 4.74 Å². The molecular weight excluding hydrogens is 304 g/mol. The number of ether oxygens (including phenoxy) is 1. The predicted molar refractivity (Wildman–Crippen MR) is 79.1 cm³/mol. The molecule has 0 N–H and O–H groups in total. The van der Waals surface area contributed by atoms with Gasteiger partial charge in [0.25, 0.3) is 0 Å². The van der Waals surface area contributed by atoms with Crippen molar-refractivity contribution in [1.82, 2.24) is 0 Å². The molecule has 0 aliphatic carbocycles. The summed E-state index contributed by atoms with van der Waals surface area (Å²) in [6.45, 7) is 0.316. The number of hydrogen-bond donors (Lipinski definition) is 0. The van der Waals surface area contributed by atoms with Crippen LogP contribution in [0.25, 0.3) is 0 Å². The van der Waals surface area contributed by atoms with Crippen molar-refractivity contribution in [3.63, 3.8) is 0 Å². The topological polar surface area (TPSA) is 26.3 Å². The van der Waals surface area contributed by atoms with Gasteiger partial charge in [-0.25, -0.2) is 0 Å². The third-order valence-corrected chi connectivity index (χ3v) is 3.43. The summed E-state index contributed by atoms with van der Waals surface area (Å²) < 4.78 is 5.28. The molecule has 19 heavy (non-hydrogen) atoms. The van der Waals surface area contributed by atoms with Gasteiger partial charge in [-0.1, -0.05) is 76.6 Å². The van der Waals surface area contributed by atoms with Crippen LogP contribution >= 0.6 is 15.9 Å². The molecule has 2 nitrogen and oxygen atoms in total. The Morgan fingerprint density at radius 3 is 2.05 bits per heavy atom. The van der Waals surface area contributed by atoms with Gasteiger partial charge in [0.05, 0.1) is 0 Å². The van der Waals surface area contributed by atoms with Gasteiger partial charge in [-0.3, -0.25) is 4.79 Å². The average molecular weight is 319 g/mol. The van der Waals surface area contributed by atoms with Gasteiger partial charge in [-0.2, -0.15) is 0 Å². The lowest BCUT2D eigenvalue weighted by Gasteiger charge is -2.10. The maximum atomic E-state index is 11.9. The minimum absolute atomic E-state index is 0.229. The van der Waals surface area contributed by atoms with Gasteiger partial charge in [0.1, 0.15) is 11.4 Å². The van der Waals surface area contributed by atoms with E-state index in [1.54, 1.807) is 0 Å². The Balaban J connectivity index is 1.83. The maximum absolute atomic E-state index is 11.9. The summed E-state index contributed by atoms with van der Waals surface area (Å²) in [5.41, 5.74) is 2.11. The van der Waals surface area contributed by atoms with Crippen molar-refractivity contribution < 1.29 is 9.53 Å². The lowest BCUT2D eigenvalue weighted by molar-refractivity contribution is -0.144. The van der Waals surface area contributed by atoms with Gasteiger partial charge in [-0.15, -0.1) is 0 Å². The zero-order valence-corrected chi connectivity index (χ0v) is 12.0. The number of halogens is 1. The van der Waals surface area contributed by atoms with Crippen molar-refractivity contribution in [3.8, 4) is 0 Å². The molecule has 0 amide bonds. The SMILES string of the molecule is O=C(OCc1ccccc1)C(Br)Cc1ccccc1. The molecule has 0 radical (unpaired) electrons. The average Bonchev–Trinajstić information content (AvgIpc) is 2.47. The number of esters is 1. The molecule has 0 saturated carbocycles. The number of benzene rings is 2. The molecule has 0 fully saturated rings. The van der Waals surface area contributed by atoms with Gasteiger partial charge in [0.15, 0.2) is 0 Å². The number of hydrogen-bond acceptors (Lipinski definition) is 2.